The van der Waals surface area contributed by atoms with Gasteiger partial charge in [0.05, 0.1) is 11.7 Å². The summed E-state index contributed by atoms with van der Waals surface area (Å²) < 4.78 is 5.66. The van der Waals surface area contributed by atoms with Gasteiger partial charge >= 0.3 is 5.97 Å². The van der Waals surface area contributed by atoms with Crippen molar-refractivity contribution in [2.45, 2.75) is 51.8 Å². The molecule has 2 rings (SSSR count). The first kappa shape index (κ1) is 17.0. The van der Waals surface area contributed by atoms with Gasteiger partial charge in [-0.25, -0.2) is 4.79 Å². The number of aromatic carboxylic acids is 1. The van der Waals surface area contributed by atoms with Gasteiger partial charge in [-0.05, 0) is 44.0 Å². The van der Waals surface area contributed by atoms with Crippen LogP contribution in [0.25, 0.3) is 0 Å². The fourth-order valence-electron chi connectivity index (χ4n) is 4.05. The van der Waals surface area contributed by atoms with Crippen LogP contribution in [0.4, 0.5) is 0 Å². The largest absolute Gasteiger partial charge is 0.478 e. The lowest BCUT2D eigenvalue weighted by Crippen LogP contribution is -2.63. The van der Waals surface area contributed by atoms with Crippen molar-refractivity contribution in [3.8, 4) is 0 Å². The molecule has 0 aliphatic heterocycles. The van der Waals surface area contributed by atoms with E-state index in [1.165, 1.54) is 0 Å². The van der Waals surface area contributed by atoms with Crippen LogP contribution in [-0.4, -0.2) is 42.3 Å². The van der Waals surface area contributed by atoms with Crippen LogP contribution in [0.2, 0.25) is 0 Å². The molecule has 0 saturated heterocycles. The zero-order valence-electron chi connectivity index (χ0n) is 14.0. The second kappa shape index (κ2) is 6.80. The quantitative estimate of drug-likeness (QED) is 0.838. The third-order valence-electron chi connectivity index (χ3n) is 5.48. The summed E-state index contributed by atoms with van der Waals surface area (Å²) in [6.45, 7) is 5.24. The molecule has 1 N–H and O–H groups in total. The zero-order valence-corrected chi connectivity index (χ0v) is 14.0. The smallest absolute Gasteiger partial charge is 0.335 e. The van der Waals surface area contributed by atoms with E-state index in [4.69, 9.17) is 9.84 Å². The van der Waals surface area contributed by atoms with E-state index in [9.17, 15) is 4.79 Å². The summed E-state index contributed by atoms with van der Waals surface area (Å²) in [5, 5.41) is 9.11. The number of carboxylic acids is 1. The fraction of sp³-hybridized carbons (Fsp3) is 0.611. The number of benzene rings is 1. The van der Waals surface area contributed by atoms with Crippen LogP contribution < -0.4 is 0 Å². The second-order valence-corrected chi connectivity index (χ2v) is 6.34. The predicted octanol–water partition coefficient (Wildman–Crippen LogP) is 3.41. The maximum Gasteiger partial charge on any atom is 0.335 e. The number of hydrogen-bond acceptors (Lipinski definition) is 3. The molecule has 4 heteroatoms. The number of methoxy groups -OCH3 is 1. The monoisotopic (exact) mass is 305 g/mol. The lowest BCUT2D eigenvalue weighted by molar-refractivity contribution is -0.158. The maximum atomic E-state index is 11.1. The number of hydrogen-bond donors (Lipinski definition) is 1. The molecule has 1 aliphatic rings. The van der Waals surface area contributed by atoms with Crippen molar-refractivity contribution in [2.75, 3.05) is 14.2 Å². The molecule has 1 saturated carbocycles. The molecule has 2 atom stereocenters. The zero-order chi connectivity index (χ0) is 16.3. The van der Waals surface area contributed by atoms with Gasteiger partial charge in [-0.2, -0.15) is 0 Å². The van der Waals surface area contributed by atoms with Gasteiger partial charge in [-0.15, -0.1) is 0 Å². The minimum absolute atomic E-state index is 0.216. The van der Waals surface area contributed by atoms with Crippen molar-refractivity contribution in [3.05, 3.63) is 35.4 Å². The number of carbonyl (C=O) groups is 1. The molecule has 0 bridgehead atoms. The van der Waals surface area contributed by atoms with E-state index in [-0.39, 0.29) is 5.41 Å². The summed E-state index contributed by atoms with van der Waals surface area (Å²) in [7, 11) is 3.93. The second-order valence-electron chi connectivity index (χ2n) is 6.34. The number of carboxylic acid groups (broad SMARTS) is 1. The van der Waals surface area contributed by atoms with Gasteiger partial charge < -0.3 is 9.84 Å². The molecule has 0 radical (unpaired) electrons. The van der Waals surface area contributed by atoms with Gasteiger partial charge in [0.1, 0.15) is 0 Å². The molecular weight excluding hydrogens is 278 g/mol. The molecule has 0 amide bonds. The molecule has 0 aromatic heterocycles. The summed E-state index contributed by atoms with van der Waals surface area (Å²) in [5.41, 5.74) is 1.62. The summed E-state index contributed by atoms with van der Waals surface area (Å²) in [6, 6.07) is 7.71. The van der Waals surface area contributed by atoms with Crippen molar-refractivity contribution in [1.29, 1.82) is 0 Å². The molecule has 22 heavy (non-hydrogen) atoms. The topological polar surface area (TPSA) is 49.8 Å². The summed E-state index contributed by atoms with van der Waals surface area (Å²) >= 11 is 0. The Hall–Kier alpha value is -1.39. The Morgan fingerprint density at radius 3 is 2.64 bits per heavy atom. The normalized spacial score (nSPS) is 23.3. The first-order valence-electron chi connectivity index (χ1n) is 8.03. The minimum Gasteiger partial charge on any atom is -0.478 e. The maximum absolute atomic E-state index is 11.1. The van der Waals surface area contributed by atoms with Crippen molar-refractivity contribution >= 4 is 5.97 Å². The van der Waals surface area contributed by atoms with Crippen LogP contribution in [0.3, 0.4) is 0 Å². The Morgan fingerprint density at radius 2 is 2.09 bits per heavy atom. The molecule has 4 nitrogen and oxygen atoms in total. The van der Waals surface area contributed by atoms with Crippen molar-refractivity contribution < 1.29 is 14.6 Å². The average molecular weight is 305 g/mol. The van der Waals surface area contributed by atoms with Crippen LogP contribution in [0, 0.1) is 5.41 Å². The Balaban J connectivity index is 2.11. The first-order valence-corrected chi connectivity index (χ1v) is 8.03. The van der Waals surface area contributed by atoms with Crippen molar-refractivity contribution in [3.63, 3.8) is 0 Å². The van der Waals surface area contributed by atoms with Gasteiger partial charge in [0.25, 0.3) is 0 Å². The van der Waals surface area contributed by atoms with Gasteiger partial charge in [0.2, 0.25) is 0 Å². The van der Waals surface area contributed by atoms with E-state index < -0.39 is 5.97 Å². The summed E-state index contributed by atoms with van der Waals surface area (Å²) in [5.74, 6) is -0.871. The van der Waals surface area contributed by atoms with Crippen LogP contribution >= 0.6 is 0 Å². The Labute approximate surface area is 133 Å². The third kappa shape index (κ3) is 2.90. The molecule has 0 heterocycles. The van der Waals surface area contributed by atoms with Crippen molar-refractivity contribution in [1.82, 2.24) is 4.90 Å². The fourth-order valence-corrected chi connectivity index (χ4v) is 4.05. The Kier molecular flexibility index (Phi) is 5.24. The SMILES string of the molecule is CCC1(CC)C(OC)CC1N(C)Cc1cccc(C(=O)O)c1. The van der Waals surface area contributed by atoms with E-state index in [0.29, 0.717) is 17.7 Å². The van der Waals surface area contributed by atoms with Crippen LogP contribution in [-0.2, 0) is 11.3 Å². The first-order chi connectivity index (χ1) is 10.5. The molecule has 0 spiro atoms. The van der Waals surface area contributed by atoms with Crippen molar-refractivity contribution in [2.24, 2.45) is 5.41 Å². The van der Waals surface area contributed by atoms with Gasteiger partial charge in [0.15, 0.2) is 0 Å². The molecule has 1 aromatic rings. The summed E-state index contributed by atoms with van der Waals surface area (Å²) in [4.78, 5) is 13.4. The number of nitrogens with zero attached hydrogens (tertiary/aromatic N) is 1. The van der Waals surface area contributed by atoms with E-state index in [2.05, 4.69) is 25.8 Å². The lowest BCUT2D eigenvalue weighted by atomic mass is 9.58. The Bertz CT molecular complexity index is 525. The third-order valence-corrected chi connectivity index (χ3v) is 5.48. The number of rotatable bonds is 7. The molecule has 1 aliphatic carbocycles. The van der Waals surface area contributed by atoms with Gasteiger partial charge in [0, 0.05) is 25.1 Å². The molecule has 1 fully saturated rings. The molecular formula is C18H27NO3. The van der Waals surface area contributed by atoms with Crippen LogP contribution in [0.5, 0.6) is 0 Å². The van der Waals surface area contributed by atoms with Gasteiger partial charge in [-0.3, -0.25) is 4.90 Å². The highest BCUT2D eigenvalue weighted by molar-refractivity contribution is 5.87. The lowest BCUT2D eigenvalue weighted by Gasteiger charge is -2.58. The van der Waals surface area contributed by atoms with Crippen LogP contribution in [0.15, 0.2) is 24.3 Å². The van der Waals surface area contributed by atoms with E-state index in [1.54, 1.807) is 19.2 Å². The minimum atomic E-state index is -0.871. The highest BCUT2D eigenvalue weighted by Gasteiger charge is 2.54. The highest BCUT2D eigenvalue weighted by Crippen LogP contribution is 2.51. The van der Waals surface area contributed by atoms with Gasteiger partial charge in [-0.1, -0.05) is 26.0 Å². The molecule has 122 valence electrons. The van der Waals surface area contributed by atoms with E-state index in [0.717, 1.165) is 31.4 Å². The average Bonchev–Trinajstić information content (AvgIpc) is 2.48. The number of ether oxygens (including phenoxy) is 1. The van der Waals surface area contributed by atoms with E-state index >= 15 is 0 Å². The Morgan fingerprint density at radius 1 is 1.41 bits per heavy atom. The predicted molar refractivity (Wildman–Crippen MR) is 87.1 cm³/mol. The molecule has 2 unspecified atom stereocenters. The van der Waals surface area contributed by atoms with Crippen LogP contribution in [0.1, 0.15) is 49.0 Å². The highest BCUT2D eigenvalue weighted by atomic mass is 16.5. The summed E-state index contributed by atoms with van der Waals surface area (Å²) in [6.07, 6.45) is 3.59. The standard InChI is InChI=1S/C18H27NO3/c1-5-18(6-2)15(11-16(18)22-4)19(3)12-13-8-7-9-14(10-13)17(20)21/h7-10,15-16H,5-6,11-12H2,1-4H3,(H,20,21). The molecule has 1 aromatic carbocycles. The van der Waals surface area contributed by atoms with E-state index in [1.807, 2.05) is 12.1 Å².